The molecule has 5 nitrogen and oxygen atoms in total. The standard InChI is InChI=1S/C22H27N3O2S/c1-16-4-3-5-18(14-16)15-25-13-11-23-10-12-24(9-8-19(23)21(25)26)22(27)20-7-6-17(2)28-20/h3-7,14,19H,8-13,15H2,1-2H3. The zero-order valence-electron chi connectivity index (χ0n) is 16.6. The van der Waals surface area contributed by atoms with Gasteiger partial charge in [-0.3, -0.25) is 14.5 Å². The fourth-order valence-electron chi connectivity index (χ4n) is 4.19. The number of hydrogen-bond acceptors (Lipinski definition) is 4. The van der Waals surface area contributed by atoms with Crippen molar-refractivity contribution in [2.75, 3.05) is 32.7 Å². The van der Waals surface area contributed by atoms with E-state index in [1.165, 1.54) is 11.1 Å². The first-order valence-electron chi connectivity index (χ1n) is 9.95. The van der Waals surface area contributed by atoms with Crippen LogP contribution < -0.4 is 0 Å². The molecule has 2 aliphatic rings. The van der Waals surface area contributed by atoms with E-state index in [0.717, 1.165) is 29.4 Å². The molecule has 2 amide bonds. The normalized spacial score (nSPS) is 20.8. The van der Waals surface area contributed by atoms with Crippen LogP contribution in [0.4, 0.5) is 0 Å². The fourth-order valence-corrected chi connectivity index (χ4v) is 5.03. The Morgan fingerprint density at radius 1 is 1.07 bits per heavy atom. The number of hydrogen-bond donors (Lipinski definition) is 0. The molecule has 2 aromatic rings. The highest BCUT2D eigenvalue weighted by Crippen LogP contribution is 2.23. The van der Waals surface area contributed by atoms with Gasteiger partial charge in [0.15, 0.2) is 0 Å². The van der Waals surface area contributed by atoms with E-state index in [1.807, 2.05) is 34.9 Å². The predicted molar refractivity (Wildman–Crippen MR) is 112 cm³/mol. The quantitative estimate of drug-likeness (QED) is 0.800. The number of benzene rings is 1. The molecule has 2 fully saturated rings. The summed E-state index contributed by atoms with van der Waals surface area (Å²) in [6.07, 6.45) is 0.708. The van der Waals surface area contributed by atoms with Gasteiger partial charge in [-0.2, -0.15) is 0 Å². The van der Waals surface area contributed by atoms with Gasteiger partial charge in [-0.1, -0.05) is 29.8 Å². The van der Waals surface area contributed by atoms with E-state index in [-0.39, 0.29) is 17.9 Å². The Kier molecular flexibility index (Phi) is 5.51. The van der Waals surface area contributed by atoms with Gasteiger partial charge in [0.25, 0.3) is 5.91 Å². The van der Waals surface area contributed by atoms with Gasteiger partial charge in [-0.25, -0.2) is 0 Å². The number of amides is 2. The first-order chi connectivity index (χ1) is 13.5. The van der Waals surface area contributed by atoms with Crippen LogP contribution in [0.2, 0.25) is 0 Å². The van der Waals surface area contributed by atoms with Crippen molar-refractivity contribution in [1.29, 1.82) is 0 Å². The molecule has 0 bridgehead atoms. The molecule has 2 aliphatic heterocycles. The largest absolute Gasteiger partial charge is 0.337 e. The van der Waals surface area contributed by atoms with Crippen LogP contribution >= 0.6 is 11.3 Å². The third-order valence-corrected chi connectivity index (χ3v) is 6.71. The van der Waals surface area contributed by atoms with Crippen LogP contribution in [0.3, 0.4) is 0 Å². The van der Waals surface area contributed by atoms with Crippen LogP contribution in [0.5, 0.6) is 0 Å². The van der Waals surface area contributed by atoms with Crippen LogP contribution in [0, 0.1) is 13.8 Å². The summed E-state index contributed by atoms with van der Waals surface area (Å²) in [4.78, 5) is 34.1. The zero-order valence-corrected chi connectivity index (χ0v) is 17.4. The SMILES string of the molecule is Cc1cccc(CN2CCN3CCN(C(=O)c4ccc(C)s4)CCC3C2=O)c1. The molecule has 3 heterocycles. The van der Waals surface area contributed by atoms with Gasteiger partial charge in [-0.05, 0) is 38.0 Å². The minimum Gasteiger partial charge on any atom is -0.337 e. The topological polar surface area (TPSA) is 43.9 Å². The molecule has 2 saturated heterocycles. The number of carbonyl (C=O) groups is 2. The van der Waals surface area contributed by atoms with Gasteiger partial charge < -0.3 is 9.80 Å². The van der Waals surface area contributed by atoms with Gasteiger partial charge in [0.2, 0.25) is 5.91 Å². The summed E-state index contributed by atoms with van der Waals surface area (Å²) in [5.41, 5.74) is 2.40. The molecule has 0 radical (unpaired) electrons. The minimum atomic E-state index is -0.110. The predicted octanol–water partition coefficient (Wildman–Crippen LogP) is 2.92. The maximum absolute atomic E-state index is 13.1. The summed E-state index contributed by atoms with van der Waals surface area (Å²) in [7, 11) is 0. The third-order valence-electron chi connectivity index (χ3n) is 5.72. The molecule has 1 aromatic carbocycles. The van der Waals surface area contributed by atoms with Crippen LogP contribution in [0.15, 0.2) is 36.4 Å². The van der Waals surface area contributed by atoms with Crippen molar-refractivity contribution in [3.63, 3.8) is 0 Å². The minimum absolute atomic E-state index is 0.0991. The second-order valence-corrected chi connectivity index (χ2v) is 9.08. The van der Waals surface area contributed by atoms with E-state index < -0.39 is 0 Å². The van der Waals surface area contributed by atoms with E-state index in [1.54, 1.807) is 11.3 Å². The highest BCUT2D eigenvalue weighted by atomic mass is 32.1. The summed E-state index contributed by atoms with van der Waals surface area (Å²) in [5.74, 6) is 0.302. The Hall–Kier alpha value is -2.18. The van der Waals surface area contributed by atoms with Gasteiger partial charge in [0.1, 0.15) is 0 Å². The third kappa shape index (κ3) is 3.98. The first kappa shape index (κ1) is 19.2. The highest BCUT2D eigenvalue weighted by molar-refractivity contribution is 7.13. The Balaban J connectivity index is 1.42. The van der Waals surface area contributed by atoms with Crippen LogP contribution in [0.1, 0.15) is 32.1 Å². The van der Waals surface area contributed by atoms with Gasteiger partial charge in [-0.15, -0.1) is 11.3 Å². The number of nitrogens with zero attached hydrogens (tertiary/aromatic N) is 3. The number of aryl methyl sites for hydroxylation is 2. The first-order valence-corrected chi connectivity index (χ1v) is 10.8. The Morgan fingerprint density at radius 3 is 2.64 bits per heavy atom. The summed E-state index contributed by atoms with van der Waals surface area (Å²) in [6.45, 7) is 8.50. The number of rotatable bonds is 3. The van der Waals surface area contributed by atoms with E-state index in [2.05, 4.69) is 30.0 Å². The van der Waals surface area contributed by atoms with Crippen molar-refractivity contribution in [3.8, 4) is 0 Å². The number of thiophene rings is 1. The average Bonchev–Trinajstić information content (AvgIpc) is 2.99. The van der Waals surface area contributed by atoms with Crippen molar-refractivity contribution in [2.24, 2.45) is 0 Å². The molecule has 0 spiro atoms. The second kappa shape index (κ2) is 8.05. The summed E-state index contributed by atoms with van der Waals surface area (Å²) in [6, 6.07) is 12.2. The van der Waals surface area contributed by atoms with E-state index in [9.17, 15) is 9.59 Å². The van der Waals surface area contributed by atoms with E-state index >= 15 is 0 Å². The summed E-state index contributed by atoms with van der Waals surface area (Å²) >= 11 is 1.55. The molecule has 0 saturated carbocycles. The Bertz CT molecular complexity index is 878. The van der Waals surface area contributed by atoms with Gasteiger partial charge in [0, 0.05) is 44.1 Å². The maximum Gasteiger partial charge on any atom is 0.263 e. The molecule has 4 rings (SSSR count). The van der Waals surface area contributed by atoms with Crippen LogP contribution in [-0.4, -0.2) is 65.3 Å². The van der Waals surface area contributed by atoms with E-state index in [4.69, 9.17) is 0 Å². The molecule has 28 heavy (non-hydrogen) atoms. The number of carbonyl (C=O) groups excluding carboxylic acids is 2. The fraction of sp³-hybridized carbons (Fsp3) is 0.455. The summed E-state index contributed by atoms with van der Waals surface area (Å²) in [5, 5.41) is 0. The number of piperazine rings is 1. The number of fused-ring (bicyclic) bond motifs is 1. The van der Waals surface area contributed by atoms with Crippen LogP contribution in [0.25, 0.3) is 0 Å². The lowest BCUT2D eigenvalue weighted by Crippen LogP contribution is -2.56. The molecule has 0 N–H and O–H groups in total. The molecule has 1 atom stereocenters. The van der Waals surface area contributed by atoms with Crippen molar-refractivity contribution in [2.45, 2.75) is 32.9 Å². The van der Waals surface area contributed by atoms with Crippen molar-refractivity contribution < 1.29 is 9.59 Å². The Labute approximate surface area is 170 Å². The van der Waals surface area contributed by atoms with Gasteiger partial charge in [0.05, 0.1) is 10.9 Å². The van der Waals surface area contributed by atoms with Crippen LogP contribution in [-0.2, 0) is 11.3 Å². The molecular formula is C22H27N3O2S. The molecule has 148 valence electrons. The summed E-state index contributed by atoms with van der Waals surface area (Å²) < 4.78 is 0. The molecule has 1 aromatic heterocycles. The van der Waals surface area contributed by atoms with Crippen molar-refractivity contribution in [1.82, 2.24) is 14.7 Å². The monoisotopic (exact) mass is 397 g/mol. The molecule has 6 heteroatoms. The average molecular weight is 398 g/mol. The maximum atomic E-state index is 13.1. The molecular weight excluding hydrogens is 370 g/mol. The highest BCUT2D eigenvalue weighted by Gasteiger charge is 2.37. The van der Waals surface area contributed by atoms with E-state index in [0.29, 0.717) is 26.1 Å². The second-order valence-electron chi connectivity index (χ2n) is 7.79. The molecule has 0 aliphatic carbocycles. The zero-order chi connectivity index (χ0) is 19.7. The lowest BCUT2D eigenvalue weighted by atomic mass is 10.1. The smallest absolute Gasteiger partial charge is 0.263 e. The lowest BCUT2D eigenvalue weighted by Gasteiger charge is -2.39. The lowest BCUT2D eigenvalue weighted by molar-refractivity contribution is -0.142. The van der Waals surface area contributed by atoms with Gasteiger partial charge >= 0.3 is 0 Å². The molecule has 1 unspecified atom stereocenters. The van der Waals surface area contributed by atoms with Crippen molar-refractivity contribution in [3.05, 3.63) is 57.3 Å². The van der Waals surface area contributed by atoms with Crippen molar-refractivity contribution >= 4 is 23.2 Å². The Morgan fingerprint density at radius 2 is 1.89 bits per heavy atom.